The van der Waals surface area contributed by atoms with Crippen molar-refractivity contribution < 1.29 is 4.74 Å². The number of rotatable bonds is 5. The van der Waals surface area contributed by atoms with Gasteiger partial charge in [0, 0.05) is 38.0 Å². The van der Waals surface area contributed by atoms with Crippen molar-refractivity contribution >= 4 is 16.5 Å². The second kappa shape index (κ2) is 6.33. The van der Waals surface area contributed by atoms with Crippen molar-refractivity contribution in [3.8, 4) is 0 Å². The molecule has 0 aromatic carbocycles. The van der Waals surface area contributed by atoms with Crippen LogP contribution in [0.3, 0.4) is 0 Å². The van der Waals surface area contributed by atoms with Gasteiger partial charge in [-0.05, 0) is 19.8 Å². The van der Waals surface area contributed by atoms with Crippen molar-refractivity contribution in [2.24, 2.45) is 0 Å². The van der Waals surface area contributed by atoms with E-state index in [1.165, 1.54) is 11.3 Å². The van der Waals surface area contributed by atoms with Gasteiger partial charge in [0.25, 0.3) is 0 Å². The quantitative estimate of drug-likeness (QED) is 0.871. The Bertz CT molecular complexity index is 334. The van der Waals surface area contributed by atoms with Crippen LogP contribution in [0.25, 0.3) is 0 Å². The molecule has 1 aromatic rings. The summed E-state index contributed by atoms with van der Waals surface area (Å²) in [6.07, 6.45) is 3.80. The molecule has 1 aromatic heterocycles. The SMILES string of the molecule is CCOC1CCN(CCc2csc(N)n2)CC1. The molecule has 0 amide bonds. The number of ether oxygens (including phenoxy) is 1. The fraction of sp³-hybridized carbons (Fsp3) is 0.750. The summed E-state index contributed by atoms with van der Waals surface area (Å²) in [5, 5.41) is 2.73. The van der Waals surface area contributed by atoms with Crippen LogP contribution in [-0.4, -0.2) is 42.2 Å². The van der Waals surface area contributed by atoms with Crippen LogP contribution < -0.4 is 5.73 Å². The fourth-order valence-corrected chi connectivity index (χ4v) is 2.84. The Labute approximate surface area is 107 Å². The van der Waals surface area contributed by atoms with E-state index in [1.807, 2.05) is 0 Å². The Morgan fingerprint density at radius 1 is 1.53 bits per heavy atom. The molecule has 0 bridgehead atoms. The highest BCUT2D eigenvalue weighted by molar-refractivity contribution is 7.13. The van der Waals surface area contributed by atoms with Gasteiger partial charge in [0.15, 0.2) is 5.13 Å². The molecular weight excluding hydrogens is 234 g/mol. The topological polar surface area (TPSA) is 51.4 Å². The van der Waals surface area contributed by atoms with Crippen molar-refractivity contribution in [1.82, 2.24) is 9.88 Å². The number of anilines is 1. The van der Waals surface area contributed by atoms with Gasteiger partial charge < -0.3 is 15.4 Å². The summed E-state index contributed by atoms with van der Waals surface area (Å²) < 4.78 is 5.64. The zero-order valence-corrected chi connectivity index (χ0v) is 11.2. The lowest BCUT2D eigenvalue weighted by molar-refractivity contribution is 0.0145. The molecule has 0 unspecified atom stereocenters. The standard InChI is InChI=1S/C12H21N3OS/c1-2-16-11-4-7-15(8-5-11)6-3-10-9-17-12(13)14-10/h9,11H,2-8H2,1H3,(H2,13,14). The van der Waals surface area contributed by atoms with Gasteiger partial charge in [-0.15, -0.1) is 11.3 Å². The molecule has 5 heteroatoms. The zero-order valence-electron chi connectivity index (χ0n) is 10.4. The van der Waals surface area contributed by atoms with Crippen LogP contribution in [0.5, 0.6) is 0 Å². The molecule has 2 rings (SSSR count). The average molecular weight is 255 g/mol. The first-order valence-electron chi connectivity index (χ1n) is 6.31. The molecule has 1 aliphatic rings. The molecule has 0 saturated carbocycles. The summed E-state index contributed by atoms with van der Waals surface area (Å²) in [6.45, 7) is 6.28. The van der Waals surface area contributed by atoms with Crippen LogP contribution in [0.15, 0.2) is 5.38 Å². The maximum atomic E-state index is 5.64. The van der Waals surface area contributed by atoms with Crippen LogP contribution in [0, 0.1) is 0 Å². The molecule has 0 aliphatic carbocycles. The minimum absolute atomic E-state index is 0.478. The fourth-order valence-electron chi connectivity index (χ4n) is 2.25. The second-order valence-corrected chi connectivity index (χ2v) is 5.31. The summed E-state index contributed by atoms with van der Waals surface area (Å²) in [5.74, 6) is 0. The second-order valence-electron chi connectivity index (χ2n) is 4.42. The van der Waals surface area contributed by atoms with E-state index >= 15 is 0 Å². The highest BCUT2D eigenvalue weighted by Gasteiger charge is 2.18. The van der Waals surface area contributed by atoms with E-state index in [0.717, 1.165) is 51.2 Å². The number of nitrogen functional groups attached to an aromatic ring is 1. The van der Waals surface area contributed by atoms with Gasteiger partial charge in [-0.1, -0.05) is 0 Å². The number of nitrogens with two attached hydrogens (primary N) is 1. The number of likely N-dealkylation sites (tertiary alicyclic amines) is 1. The van der Waals surface area contributed by atoms with Gasteiger partial charge >= 0.3 is 0 Å². The minimum atomic E-state index is 0.478. The van der Waals surface area contributed by atoms with Gasteiger partial charge in [0.2, 0.25) is 0 Å². The van der Waals surface area contributed by atoms with Crippen LogP contribution in [-0.2, 0) is 11.2 Å². The maximum Gasteiger partial charge on any atom is 0.180 e. The van der Waals surface area contributed by atoms with E-state index in [9.17, 15) is 0 Å². The molecule has 1 fully saturated rings. The molecule has 1 aliphatic heterocycles. The van der Waals surface area contributed by atoms with Crippen LogP contribution >= 0.6 is 11.3 Å². The first kappa shape index (κ1) is 12.8. The largest absolute Gasteiger partial charge is 0.378 e. The van der Waals surface area contributed by atoms with Crippen molar-refractivity contribution in [3.63, 3.8) is 0 Å². The summed E-state index contributed by atoms with van der Waals surface area (Å²) in [6, 6.07) is 0. The minimum Gasteiger partial charge on any atom is -0.378 e. The summed E-state index contributed by atoms with van der Waals surface area (Å²) in [4.78, 5) is 6.78. The molecule has 1 saturated heterocycles. The highest BCUT2D eigenvalue weighted by atomic mass is 32.1. The summed E-state index contributed by atoms with van der Waals surface area (Å²) >= 11 is 1.53. The van der Waals surface area contributed by atoms with Gasteiger partial charge in [-0.3, -0.25) is 0 Å². The number of nitrogens with zero attached hydrogens (tertiary/aromatic N) is 2. The predicted molar refractivity (Wildman–Crippen MR) is 71.3 cm³/mol. The Kier molecular flexibility index (Phi) is 4.76. The van der Waals surface area contributed by atoms with E-state index in [-0.39, 0.29) is 0 Å². The summed E-state index contributed by atoms with van der Waals surface area (Å²) in [5.41, 5.74) is 6.74. The van der Waals surface area contributed by atoms with Gasteiger partial charge in [0.05, 0.1) is 11.8 Å². The number of piperidine rings is 1. The monoisotopic (exact) mass is 255 g/mol. The molecule has 2 N–H and O–H groups in total. The van der Waals surface area contributed by atoms with Gasteiger partial charge in [-0.2, -0.15) is 0 Å². The third-order valence-electron chi connectivity index (χ3n) is 3.19. The first-order valence-corrected chi connectivity index (χ1v) is 7.19. The highest BCUT2D eigenvalue weighted by Crippen LogP contribution is 2.15. The summed E-state index contributed by atoms with van der Waals surface area (Å²) in [7, 11) is 0. The number of thiazole rings is 1. The third kappa shape index (κ3) is 3.94. The Morgan fingerprint density at radius 3 is 2.88 bits per heavy atom. The van der Waals surface area contributed by atoms with E-state index in [0.29, 0.717) is 11.2 Å². The molecule has 2 heterocycles. The van der Waals surface area contributed by atoms with Gasteiger partial charge in [-0.25, -0.2) is 4.98 Å². The predicted octanol–water partition coefficient (Wildman–Crippen LogP) is 1.77. The van der Waals surface area contributed by atoms with Crippen molar-refractivity contribution in [3.05, 3.63) is 11.1 Å². The van der Waals surface area contributed by atoms with Crippen molar-refractivity contribution in [1.29, 1.82) is 0 Å². The first-order chi connectivity index (χ1) is 8.28. The lowest BCUT2D eigenvalue weighted by Gasteiger charge is -2.31. The molecule has 0 spiro atoms. The van der Waals surface area contributed by atoms with Crippen molar-refractivity contribution in [2.45, 2.75) is 32.3 Å². The number of aromatic nitrogens is 1. The van der Waals surface area contributed by atoms with E-state index in [2.05, 4.69) is 22.2 Å². The average Bonchev–Trinajstić information content (AvgIpc) is 2.75. The van der Waals surface area contributed by atoms with E-state index in [1.54, 1.807) is 0 Å². The van der Waals surface area contributed by atoms with Crippen LogP contribution in [0.2, 0.25) is 0 Å². The normalized spacial score (nSPS) is 18.6. The molecule has 17 heavy (non-hydrogen) atoms. The Balaban J connectivity index is 1.68. The van der Waals surface area contributed by atoms with Crippen LogP contribution in [0.4, 0.5) is 5.13 Å². The van der Waals surface area contributed by atoms with E-state index < -0.39 is 0 Å². The van der Waals surface area contributed by atoms with Crippen LogP contribution in [0.1, 0.15) is 25.5 Å². The smallest absolute Gasteiger partial charge is 0.180 e. The lowest BCUT2D eigenvalue weighted by Crippen LogP contribution is -2.38. The molecule has 4 nitrogen and oxygen atoms in total. The molecule has 96 valence electrons. The number of hydrogen-bond donors (Lipinski definition) is 1. The Hall–Kier alpha value is -0.650. The molecule has 0 radical (unpaired) electrons. The third-order valence-corrected chi connectivity index (χ3v) is 3.91. The Morgan fingerprint density at radius 2 is 2.29 bits per heavy atom. The molecular formula is C12H21N3OS. The van der Waals surface area contributed by atoms with Gasteiger partial charge in [0.1, 0.15) is 0 Å². The number of hydrogen-bond acceptors (Lipinski definition) is 5. The lowest BCUT2D eigenvalue weighted by atomic mass is 10.1. The van der Waals surface area contributed by atoms with E-state index in [4.69, 9.17) is 10.5 Å². The zero-order chi connectivity index (χ0) is 12.1. The molecule has 0 atom stereocenters. The maximum absolute atomic E-state index is 5.64. The van der Waals surface area contributed by atoms with Crippen molar-refractivity contribution in [2.75, 3.05) is 32.0 Å².